The van der Waals surface area contributed by atoms with Crippen molar-refractivity contribution in [2.45, 2.75) is 34.2 Å². The van der Waals surface area contributed by atoms with E-state index >= 15 is 0 Å². The molecule has 0 atom stereocenters. The topological polar surface area (TPSA) is 63.3 Å². The number of aromatic nitrogens is 1. The van der Waals surface area contributed by atoms with E-state index < -0.39 is 0 Å². The number of aliphatic imine (C=N–C) groups is 1. The molecule has 0 aliphatic carbocycles. The lowest BCUT2D eigenvalue weighted by atomic mass is 10.1. The van der Waals surface area contributed by atoms with Crippen LogP contribution in [0.5, 0.6) is 0 Å². The predicted octanol–water partition coefficient (Wildman–Crippen LogP) is 3.92. The number of halogens is 1. The highest BCUT2D eigenvalue weighted by atomic mass is 127. The summed E-state index contributed by atoms with van der Waals surface area (Å²) in [5.74, 6) is 0.431. The Hall–Kier alpha value is -1.15. The molecule has 0 unspecified atom stereocenters. The van der Waals surface area contributed by atoms with E-state index in [1.165, 1.54) is 11.1 Å². The largest absolute Gasteiger partial charge is 0.370 e. The number of nitrogens with one attached hydrogen (secondary N) is 1. The molecule has 2 rings (SSSR count). The van der Waals surface area contributed by atoms with Gasteiger partial charge in [-0.05, 0) is 51.0 Å². The number of hydrogen-bond acceptors (Lipinski definition) is 3. The van der Waals surface area contributed by atoms with E-state index in [1.54, 1.807) is 11.3 Å². The molecule has 4 nitrogen and oxygen atoms in total. The van der Waals surface area contributed by atoms with Crippen LogP contribution >= 0.6 is 35.3 Å². The summed E-state index contributed by atoms with van der Waals surface area (Å²) in [4.78, 5) is 9.92. The molecule has 21 heavy (non-hydrogen) atoms. The van der Waals surface area contributed by atoms with Crippen LogP contribution in [0.15, 0.2) is 23.2 Å². The first-order valence-corrected chi connectivity index (χ1v) is 7.34. The van der Waals surface area contributed by atoms with E-state index in [0.29, 0.717) is 12.5 Å². The number of benzene rings is 1. The average molecular weight is 416 g/mol. The number of aryl methyl sites for hydroxylation is 4. The molecule has 0 amide bonds. The number of hydrogen-bond donors (Lipinski definition) is 2. The lowest BCUT2D eigenvalue weighted by Crippen LogP contribution is -2.22. The van der Waals surface area contributed by atoms with E-state index in [0.717, 1.165) is 21.3 Å². The molecule has 1 heterocycles. The molecule has 6 heteroatoms. The van der Waals surface area contributed by atoms with Crippen LogP contribution in [0.25, 0.3) is 0 Å². The van der Waals surface area contributed by atoms with Crippen molar-refractivity contribution in [3.63, 3.8) is 0 Å². The minimum Gasteiger partial charge on any atom is -0.370 e. The Morgan fingerprint density at radius 3 is 2.33 bits per heavy atom. The maximum Gasteiger partial charge on any atom is 0.193 e. The van der Waals surface area contributed by atoms with Gasteiger partial charge in [0.2, 0.25) is 0 Å². The molecule has 0 aliphatic rings. The Balaban J connectivity index is 0.00000220. The molecule has 114 valence electrons. The zero-order valence-electron chi connectivity index (χ0n) is 12.7. The maximum absolute atomic E-state index is 5.93. The molecule has 3 N–H and O–H groups in total. The Kier molecular flexibility index (Phi) is 6.60. The molecule has 0 spiro atoms. The van der Waals surface area contributed by atoms with E-state index in [2.05, 4.69) is 47.3 Å². The minimum absolute atomic E-state index is 0. The van der Waals surface area contributed by atoms with Crippen molar-refractivity contribution in [1.82, 2.24) is 4.98 Å². The molecular weight excluding hydrogens is 395 g/mol. The second-order valence-corrected chi connectivity index (χ2v) is 6.23. The fourth-order valence-electron chi connectivity index (χ4n) is 2.11. The fraction of sp³-hybridized carbons (Fsp3) is 0.333. The summed E-state index contributed by atoms with van der Waals surface area (Å²) in [6.45, 7) is 8.70. The second kappa shape index (κ2) is 7.74. The van der Waals surface area contributed by atoms with E-state index in [1.807, 2.05) is 13.8 Å². The van der Waals surface area contributed by atoms with Crippen LogP contribution in [0.1, 0.15) is 26.7 Å². The van der Waals surface area contributed by atoms with E-state index in [4.69, 9.17) is 5.73 Å². The van der Waals surface area contributed by atoms with Gasteiger partial charge in [-0.15, -0.1) is 35.3 Å². The van der Waals surface area contributed by atoms with Crippen LogP contribution in [0.3, 0.4) is 0 Å². The van der Waals surface area contributed by atoms with Crippen LogP contribution < -0.4 is 11.1 Å². The summed E-state index contributed by atoms with van der Waals surface area (Å²) in [6, 6.07) is 6.23. The van der Waals surface area contributed by atoms with Gasteiger partial charge in [-0.25, -0.2) is 9.98 Å². The number of nitrogens with zero attached hydrogens (tertiary/aromatic N) is 2. The van der Waals surface area contributed by atoms with Crippen LogP contribution in [-0.2, 0) is 6.54 Å². The van der Waals surface area contributed by atoms with Crippen LogP contribution in [0.4, 0.5) is 5.69 Å². The molecule has 1 aromatic carbocycles. The summed E-state index contributed by atoms with van der Waals surface area (Å²) in [5, 5.41) is 4.20. The Bertz CT molecular complexity index is 629. The Morgan fingerprint density at radius 2 is 1.81 bits per heavy atom. The molecule has 0 radical (unpaired) electrons. The average Bonchev–Trinajstić information content (AvgIpc) is 2.64. The summed E-state index contributed by atoms with van der Waals surface area (Å²) < 4.78 is 0. The van der Waals surface area contributed by atoms with Crippen molar-refractivity contribution >= 4 is 47.0 Å². The second-order valence-electron chi connectivity index (χ2n) is 4.94. The Morgan fingerprint density at radius 1 is 1.19 bits per heavy atom. The summed E-state index contributed by atoms with van der Waals surface area (Å²) in [7, 11) is 0. The van der Waals surface area contributed by atoms with Crippen molar-refractivity contribution in [3.8, 4) is 0 Å². The van der Waals surface area contributed by atoms with Gasteiger partial charge in [0.15, 0.2) is 5.96 Å². The molecule has 0 saturated carbocycles. The van der Waals surface area contributed by atoms with Crippen molar-refractivity contribution in [1.29, 1.82) is 0 Å². The quantitative estimate of drug-likeness (QED) is 0.453. The smallest absolute Gasteiger partial charge is 0.193 e. The maximum atomic E-state index is 5.93. The SMILES string of the molecule is Cc1cc(C)cc(NC(N)=NCc2sc(C)nc2C)c1.I. The van der Waals surface area contributed by atoms with E-state index in [9.17, 15) is 0 Å². The van der Waals surface area contributed by atoms with Gasteiger partial charge in [-0.3, -0.25) is 0 Å². The highest BCUT2D eigenvalue weighted by molar-refractivity contribution is 14.0. The third-order valence-electron chi connectivity index (χ3n) is 2.89. The lowest BCUT2D eigenvalue weighted by Gasteiger charge is -2.07. The number of guanidine groups is 1. The van der Waals surface area contributed by atoms with Crippen molar-refractivity contribution in [3.05, 3.63) is 44.9 Å². The monoisotopic (exact) mass is 416 g/mol. The van der Waals surface area contributed by atoms with Gasteiger partial charge in [-0.2, -0.15) is 0 Å². The third-order valence-corrected chi connectivity index (χ3v) is 3.94. The number of rotatable bonds is 3. The molecule has 1 aromatic heterocycles. The van der Waals surface area contributed by atoms with Gasteiger partial charge in [0, 0.05) is 10.6 Å². The number of anilines is 1. The van der Waals surface area contributed by atoms with Gasteiger partial charge < -0.3 is 11.1 Å². The highest BCUT2D eigenvalue weighted by Gasteiger charge is 2.04. The first-order valence-electron chi connectivity index (χ1n) is 6.52. The molecule has 0 bridgehead atoms. The third kappa shape index (κ3) is 5.28. The number of thiazole rings is 1. The molecule has 0 aliphatic heterocycles. The van der Waals surface area contributed by atoms with Crippen molar-refractivity contribution < 1.29 is 0 Å². The van der Waals surface area contributed by atoms with Crippen LogP contribution in [-0.4, -0.2) is 10.9 Å². The van der Waals surface area contributed by atoms with Gasteiger partial charge in [-0.1, -0.05) is 6.07 Å². The molecular formula is C15H21IN4S. The molecule has 2 aromatic rings. The van der Waals surface area contributed by atoms with Crippen LogP contribution in [0, 0.1) is 27.7 Å². The van der Waals surface area contributed by atoms with Crippen LogP contribution in [0.2, 0.25) is 0 Å². The molecule has 0 saturated heterocycles. The predicted molar refractivity (Wildman–Crippen MR) is 102 cm³/mol. The van der Waals surface area contributed by atoms with Gasteiger partial charge >= 0.3 is 0 Å². The lowest BCUT2D eigenvalue weighted by molar-refractivity contribution is 1.05. The zero-order valence-corrected chi connectivity index (χ0v) is 15.9. The Labute approximate surface area is 146 Å². The van der Waals surface area contributed by atoms with Gasteiger partial charge in [0.05, 0.1) is 17.2 Å². The summed E-state index contributed by atoms with van der Waals surface area (Å²) >= 11 is 1.67. The highest BCUT2D eigenvalue weighted by Crippen LogP contribution is 2.18. The molecule has 0 fully saturated rings. The van der Waals surface area contributed by atoms with Crippen molar-refractivity contribution in [2.24, 2.45) is 10.7 Å². The first-order chi connectivity index (χ1) is 9.44. The van der Waals surface area contributed by atoms with E-state index in [-0.39, 0.29) is 24.0 Å². The van der Waals surface area contributed by atoms with Crippen molar-refractivity contribution in [2.75, 3.05) is 5.32 Å². The summed E-state index contributed by atoms with van der Waals surface area (Å²) in [5.41, 5.74) is 10.4. The standard InChI is InChI=1S/C15H20N4S.HI/c1-9-5-10(2)7-13(6-9)19-15(16)17-8-14-11(3)18-12(4)20-14;/h5-7H,8H2,1-4H3,(H3,16,17,19);1H. The normalized spacial score (nSPS) is 11.1. The minimum atomic E-state index is 0. The summed E-state index contributed by atoms with van der Waals surface area (Å²) in [6.07, 6.45) is 0. The number of nitrogens with two attached hydrogens (primary N) is 1. The van der Waals surface area contributed by atoms with Gasteiger partial charge in [0.25, 0.3) is 0 Å². The first kappa shape index (κ1) is 17.9. The van der Waals surface area contributed by atoms with Gasteiger partial charge in [0.1, 0.15) is 0 Å². The fourth-order valence-corrected chi connectivity index (χ4v) is 2.97. The zero-order chi connectivity index (χ0) is 14.7.